The first-order chi connectivity index (χ1) is 13.4. The molecule has 0 aromatic heterocycles. The van der Waals surface area contributed by atoms with Crippen LogP contribution in [0.1, 0.15) is 11.1 Å². The molecule has 3 rings (SSSR count). The van der Waals surface area contributed by atoms with Crippen molar-refractivity contribution in [3.8, 4) is 0 Å². The van der Waals surface area contributed by atoms with Gasteiger partial charge in [0.1, 0.15) is 5.82 Å². The van der Waals surface area contributed by atoms with Crippen LogP contribution in [0.25, 0.3) is 0 Å². The molecular weight excluding hydrogens is 387 g/mol. The second-order valence-corrected chi connectivity index (χ2v) is 6.87. The summed E-state index contributed by atoms with van der Waals surface area (Å²) < 4.78 is 41.8. The first-order valence-electron chi connectivity index (χ1n) is 8.72. The summed E-state index contributed by atoms with van der Waals surface area (Å²) in [6.07, 6.45) is 1.13. The molecule has 0 radical (unpaired) electrons. The van der Waals surface area contributed by atoms with E-state index in [-0.39, 0.29) is 22.2 Å². The lowest BCUT2D eigenvalue weighted by atomic mass is 10.1. The van der Waals surface area contributed by atoms with E-state index >= 15 is 0 Å². The minimum absolute atomic E-state index is 0.0000502. The standard InChI is InChI=1S/C19H20F3N5S/c20-15-4-1-13(2-5-15)12-26-7-9-27(10-8-26)16-6-3-14(17(21)18(16)22)11-24-25-19(23)28/h1-6,11H,7-10,12H2,(H3,23,25,28). The number of nitrogens with one attached hydrogen (secondary N) is 1. The summed E-state index contributed by atoms with van der Waals surface area (Å²) in [5.74, 6) is -2.15. The molecule has 1 aliphatic rings. The molecule has 0 atom stereocenters. The predicted molar refractivity (Wildman–Crippen MR) is 108 cm³/mol. The van der Waals surface area contributed by atoms with E-state index in [0.29, 0.717) is 32.7 Å². The second-order valence-electron chi connectivity index (χ2n) is 6.43. The quantitative estimate of drug-likeness (QED) is 0.453. The van der Waals surface area contributed by atoms with Crippen LogP contribution in [-0.4, -0.2) is 42.4 Å². The van der Waals surface area contributed by atoms with Crippen molar-refractivity contribution in [2.45, 2.75) is 6.54 Å². The Bertz CT molecular complexity index is 865. The molecule has 9 heteroatoms. The van der Waals surface area contributed by atoms with Crippen molar-refractivity contribution in [2.24, 2.45) is 10.8 Å². The third-order valence-electron chi connectivity index (χ3n) is 4.50. The zero-order valence-electron chi connectivity index (χ0n) is 15.0. The van der Waals surface area contributed by atoms with Crippen molar-refractivity contribution in [3.05, 3.63) is 65.0 Å². The third kappa shape index (κ3) is 4.99. The molecule has 0 spiro atoms. The van der Waals surface area contributed by atoms with Crippen molar-refractivity contribution >= 4 is 29.2 Å². The number of hydrogen-bond acceptors (Lipinski definition) is 4. The van der Waals surface area contributed by atoms with Crippen LogP contribution in [-0.2, 0) is 6.54 Å². The Morgan fingerprint density at radius 1 is 1.04 bits per heavy atom. The Balaban J connectivity index is 1.62. The van der Waals surface area contributed by atoms with E-state index in [4.69, 9.17) is 5.73 Å². The maximum absolute atomic E-state index is 14.5. The molecular formula is C19H20F3N5S. The summed E-state index contributed by atoms with van der Waals surface area (Å²) in [6.45, 7) is 3.21. The highest BCUT2D eigenvalue weighted by molar-refractivity contribution is 7.80. The lowest BCUT2D eigenvalue weighted by molar-refractivity contribution is 0.249. The van der Waals surface area contributed by atoms with E-state index in [1.165, 1.54) is 24.3 Å². The number of nitrogens with zero attached hydrogens (tertiary/aromatic N) is 3. The minimum Gasteiger partial charge on any atom is -0.375 e. The van der Waals surface area contributed by atoms with Gasteiger partial charge >= 0.3 is 0 Å². The molecule has 1 aliphatic heterocycles. The van der Waals surface area contributed by atoms with Crippen molar-refractivity contribution in [2.75, 3.05) is 31.1 Å². The van der Waals surface area contributed by atoms with Gasteiger partial charge in [0.2, 0.25) is 0 Å². The predicted octanol–water partition coefficient (Wildman–Crippen LogP) is 2.59. The molecule has 148 valence electrons. The molecule has 0 saturated carbocycles. The van der Waals surface area contributed by atoms with Gasteiger partial charge in [-0.05, 0) is 42.0 Å². The average molecular weight is 407 g/mol. The van der Waals surface area contributed by atoms with Gasteiger partial charge < -0.3 is 10.6 Å². The van der Waals surface area contributed by atoms with E-state index in [2.05, 4.69) is 27.6 Å². The number of piperazine rings is 1. The number of halogens is 3. The number of nitrogens with two attached hydrogens (primary N) is 1. The van der Waals surface area contributed by atoms with Crippen LogP contribution in [0.4, 0.5) is 18.9 Å². The van der Waals surface area contributed by atoms with E-state index in [9.17, 15) is 13.2 Å². The molecule has 28 heavy (non-hydrogen) atoms. The number of thiocarbonyl (C=S) groups is 1. The van der Waals surface area contributed by atoms with Crippen LogP contribution in [0.5, 0.6) is 0 Å². The lowest BCUT2D eigenvalue weighted by Crippen LogP contribution is -2.46. The van der Waals surface area contributed by atoms with Crippen molar-refractivity contribution in [1.29, 1.82) is 0 Å². The largest absolute Gasteiger partial charge is 0.375 e. The van der Waals surface area contributed by atoms with Gasteiger partial charge in [0, 0.05) is 38.3 Å². The van der Waals surface area contributed by atoms with Crippen molar-refractivity contribution in [1.82, 2.24) is 10.3 Å². The summed E-state index contributed by atoms with van der Waals surface area (Å²) in [5, 5.41) is 3.59. The van der Waals surface area contributed by atoms with Crippen molar-refractivity contribution < 1.29 is 13.2 Å². The van der Waals surface area contributed by atoms with E-state index in [1.54, 1.807) is 12.1 Å². The first-order valence-corrected chi connectivity index (χ1v) is 9.13. The Morgan fingerprint density at radius 2 is 1.71 bits per heavy atom. The molecule has 1 fully saturated rings. The Kier molecular flexibility index (Phi) is 6.48. The fourth-order valence-corrected chi connectivity index (χ4v) is 3.11. The molecule has 1 heterocycles. The fourth-order valence-electron chi connectivity index (χ4n) is 3.06. The zero-order valence-corrected chi connectivity index (χ0v) is 15.9. The zero-order chi connectivity index (χ0) is 20.1. The highest BCUT2D eigenvalue weighted by atomic mass is 32.1. The monoisotopic (exact) mass is 407 g/mol. The van der Waals surface area contributed by atoms with Crippen LogP contribution in [0.3, 0.4) is 0 Å². The van der Waals surface area contributed by atoms with Gasteiger partial charge in [0.25, 0.3) is 0 Å². The third-order valence-corrected chi connectivity index (χ3v) is 4.59. The Labute approximate surface area is 166 Å². The molecule has 0 aliphatic carbocycles. The maximum atomic E-state index is 14.5. The van der Waals surface area contributed by atoms with Gasteiger partial charge in [-0.15, -0.1) is 0 Å². The van der Waals surface area contributed by atoms with Crippen LogP contribution in [0.15, 0.2) is 41.5 Å². The molecule has 1 saturated heterocycles. The van der Waals surface area contributed by atoms with Gasteiger partial charge in [0.05, 0.1) is 11.9 Å². The molecule has 0 unspecified atom stereocenters. The highest BCUT2D eigenvalue weighted by Crippen LogP contribution is 2.25. The fraction of sp³-hybridized carbons (Fsp3) is 0.263. The second kappa shape index (κ2) is 9.03. The van der Waals surface area contributed by atoms with Crippen LogP contribution >= 0.6 is 12.2 Å². The summed E-state index contributed by atoms with van der Waals surface area (Å²) in [7, 11) is 0. The number of hydrogen-bond donors (Lipinski definition) is 2. The number of rotatable bonds is 5. The summed E-state index contributed by atoms with van der Waals surface area (Å²) in [6, 6.07) is 9.38. The van der Waals surface area contributed by atoms with Crippen LogP contribution in [0.2, 0.25) is 0 Å². The van der Waals surface area contributed by atoms with Gasteiger partial charge in [-0.2, -0.15) is 5.10 Å². The SMILES string of the molecule is NC(=S)NN=Cc1ccc(N2CCN(Cc3ccc(F)cc3)CC2)c(F)c1F. The molecule has 5 nitrogen and oxygen atoms in total. The molecule has 2 aromatic rings. The normalized spacial score (nSPS) is 15.2. The maximum Gasteiger partial charge on any atom is 0.184 e. The van der Waals surface area contributed by atoms with Crippen LogP contribution < -0.4 is 16.1 Å². The van der Waals surface area contributed by atoms with Crippen LogP contribution in [0, 0.1) is 17.5 Å². The smallest absolute Gasteiger partial charge is 0.184 e. The van der Waals surface area contributed by atoms with Gasteiger partial charge in [-0.25, -0.2) is 13.2 Å². The Morgan fingerprint density at radius 3 is 2.36 bits per heavy atom. The summed E-state index contributed by atoms with van der Waals surface area (Å²) in [5.41, 5.74) is 8.76. The van der Waals surface area contributed by atoms with E-state index < -0.39 is 11.6 Å². The van der Waals surface area contributed by atoms with E-state index in [1.807, 2.05) is 4.90 Å². The van der Waals surface area contributed by atoms with Gasteiger partial charge in [-0.3, -0.25) is 10.3 Å². The van der Waals surface area contributed by atoms with Crippen molar-refractivity contribution in [3.63, 3.8) is 0 Å². The number of anilines is 1. The first kappa shape index (κ1) is 20.1. The Hall–Kier alpha value is -2.65. The highest BCUT2D eigenvalue weighted by Gasteiger charge is 2.22. The molecule has 0 amide bonds. The van der Waals surface area contributed by atoms with Gasteiger partial charge in [-0.1, -0.05) is 12.1 Å². The average Bonchev–Trinajstić information content (AvgIpc) is 2.68. The van der Waals surface area contributed by atoms with E-state index in [0.717, 1.165) is 11.8 Å². The molecule has 3 N–H and O–H groups in total. The van der Waals surface area contributed by atoms with Gasteiger partial charge in [0.15, 0.2) is 16.7 Å². The molecule has 0 bridgehead atoms. The minimum atomic E-state index is -0.972. The summed E-state index contributed by atoms with van der Waals surface area (Å²) in [4.78, 5) is 4.01. The summed E-state index contributed by atoms with van der Waals surface area (Å²) >= 11 is 4.59. The lowest BCUT2D eigenvalue weighted by Gasteiger charge is -2.36. The number of hydrazone groups is 1. The number of benzene rings is 2. The topological polar surface area (TPSA) is 56.9 Å². The molecule has 2 aromatic carbocycles.